The zero-order valence-electron chi connectivity index (χ0n) is 6.54. The van der Waals surface area contributed by atoms with Gasteiger partial charge < -0.3 is 10.2 Å². The minimum atomic E-state index is -1.03. The molecule has 0 aromatic carbocycles. The van der Waals surface area contributed by atoms with Gasteiger partial charge in [0.2, 0.25) is 0 Å². The Bertz CT molecular complexity index is 338. The molecule has 0 atom stereocenters. The Kier molecular flexibility index (Phi) is 3.33. The number of pyridine rings is 1. The summed E-state index contributed by atoms with van der Waals surface area (Å²) in [7, 11) is 0. The van der Waals surface area contributed by atoms with E-state index in [-0.39, 0.29) is 5.75 Å². The third-order valence-electron chi connectivity index (χ3n) is 1.14. The van der Waals surface area contributed by atoms with Crippen LogP contribution in [0.25, 0.3) is 0 Å². The van der Waals surface area contributed by atoms with Crippen molar-refractivity contribution >= 4 is 17.7 Å². The number of hydrogen-bond donors (Lipinski definition) is 2. The second-order valence-corrected chi connectivity index (χ2v) is 2.98. The van der Waals surface area contributed by atoms with Crippen molar-refractivity contribution in [1.29, 1.82) is 0 Å². The van der Waals surface area contributed by atoms with Gasteiger partial charge >= 0.3 is 5.97 Å². The molecule has 0 aliphatic carbocycles. The van der Waals surface area contributed by atoms with Crippen molar-refractivity contribution in [2.45, 2.75) is 5.03 Å². The van der Waals surface area contributed by atoms with E-state index < -0.39 is 5.97 Å². The molecule has 0 radical (unpaired) electrons. The smallest absolute Gasteiger partial charge is 0.328 e. The predicted molar refractivity (Wildman–Crippen MR) is 48.5 cm³/mol. The van der Waals surface area contributed by atoms with Gasteiger partial charge in [0.15, 0.2) is 0 Å². The van der Waals surface area contributed by atoms with Gasteiger partial charge in [0, 0.05) is 12.3 Å². The molecule has 0 spiro atoms. The number of hydrogen-bond acceptors (Lipinski definition) is 4. The molecule has 0 saturated heterocycles. The van der Waals surface area contributed by atoms with Crippen molar-refractivity contribution in [3.8, 4) is 5.75 Å². The highest BCUT2D eigenvalue weighted by Gasteiger charge is 1.98. The minimum absolute atomic E-state index is 0.0440. The average Bonchev–Trinajstić information content (AvgIpc) is 2.08. The summed E-state index contributed by atoms with van der Waals surface area (Å²) in [6.07, 6.45) is 2.51. The SMILES string of the molecule is O=C(O)/C=C/Sc1ncccc1O. The van der Waals surface area contributed by atoms with Crippen LogP contribution in [0, 0.1) is 0 Å². The molecule has 0 fully saturated rings. The van der Waals surface area contributed by atoms with Crippen LogP contribution in [-0.2, 0) is 4.79 Å². The van der Waals surface area contributed by atoms with Crippen molar-refractivity contribution in [2.24, 2.45) is 0 Å². The molecular weight excluding hydrogens is 190 g/mol. The van der Waals surface area contributed by atoms with E-state index in [2.05, 4.69) is 4.98 Å². The Morgan fingerprint density at radius 2 is 2.38 bits per heavy atom. The van der Waals surface area contributed by atoms with Crippen LogP contribution in [0.3, 0.4) is 0 Å². The number of aromatic hydroxyl groups is 1. The van der Waals surface area contributed by atoms with Crippen LogP contribution in [0.15, 0.2) is 34.8 Å². The fourth-order valence-electron chi connectivity index (χ4n) is 0.630. The molecule has 0 aliphatic heterocycles. The Balaban J connectivity index is 2.64. The third kappa shape index (κ3) is 3.16. The van der Waals surface area contributed by atoms with Crippen molar-refractivity contribution in [2.75, 3.05) is 0 Å². The molecule has 1 aromatic heterocycles. The quantitative estimate of drug-likeness (QED) is 0.567. The van der Waals surface area contributed by atoms with Crippen LogP contribution in [0.2, 0.25) is 0 Å². The number of carboxylic acids is 1. The van der Waals surface area contributed by atoms with Gasteiger partial charge in [0.25, 0.3) is 0 Å². The van der Waals surface area contributed by atoms with Crippen LogP contribution in [0.4, 0.5) is 0 Å². The molecular formula is C8H7NO3S. The minimum Gasteiger partial charge on any atom is -0.505 e. The largest absolute Gasteiger partial charge is 0.505 e. The maximum Gasteiger partial charge on any atom is 0.328 e. The van der Waals surface area contributed by atoms with Gasteiger partial charge in [-0.1, -0.05) is 11.8 Å². The number of aliphatic carboxylic acids is 1. The lowest BCUT2D eigenvalue weighted by molar-refractivity contribution is -0.131. The summed E-state index contributed by atoms with van der Waals surface area (Å²) >= 11 is 1.05. The van der Waals surface area contributed by atoms with Crippen LogP contribution >= 0.6 is 11.8 Å². The first-order valence-corrected chi connectivity index (χ1v) is 4.28. The number of thioether (sulfide) groups is 1. The van der Waals surface area contributed by atoms with Gasteiger partial charge in [-0.2, -0.15) is 0 Å². The normalized spacial score (nSPS) is 10.5. The van der Waals surface area contributed by atoms with E-state index in [1.807, 2.05) is 0 Å². The number of rotatable bonds is 3. The van der Waals surface area contributed by atoms with Crippen molar-refractivity contribution in [3.05, 3.63) is 29.8 Å². The molecule has 1 heterocycles. The maximum atomic E-state index is 10.1. The second-order valence-electron chi connectivity index (χ2n) is 2.09. The molecule has 0 unspecified atom stereocenters. The summed E-state index contributed by atoms with van der Waals surface area (Å²) in [5.41, 5.74) is 0. The first-order chi connectivity index (χ1) is 6.20. The van der Waals surface area contributed by atoms with Gasteiger partial charge in [0.05, 0.1) is 0 Å². The van der Waals surface area contributed by atoms with E-state index >= 15 is 0 Å². The van der Waals surface area contributed by atoms with Gasteiger partial charge in [-0.3, -0.25) is 0 Å². The van der Waals surface area contributed by atoms with Crippen LogP contribution in [-0.4, -0.2) is 21.2 Å². The lowest BCUT2D eigenvalue weighted by Gasteiger charge is -1.96. The first-order valence-electron chi connectivity index (χ1n) is 3.40. The van der Waals surface area contributed by atoms with E-state index in [9.17, 15) is 9.90 Å². The van der Waals surface area contributed by atoms with E-state index in [4.69, 9.17) is 5.11 Å². The molecule has 0 aliphatic rings. The first kappa shape index (κ1) is 9.60. The summed E-state index contributed by atoms with van der Waals surface area (Å²) in [6.45, 7) is 0. The van der Waals surface area contributed by atoms with Gasteiger partial charge in [-0.25, -0.2) is 9.78 Å². The number of carboxylic acid groups (broad SMARTS) is 1. The molecule has 13 heavy (non-hydrogen) atoms. The molecule has 68 valence electrons. The summed E-state index contributed by atoms with van der Waals surface area (Å²) in [5, 5.41) is 19.2. The highest BCUT2D eigenvalue weighted by molar-refractivity contribution is 8.02. The zero-order chi connectivity index (χ0) is 9.68. The maximum absolute atomic E-state index is 10.1. The summed E-state index contributed by atoms with van der Waals surface area (Å²) < 4.78 is 0. The topological polar surface area (TPSA) is 70.4 Å². The Labute approximate surface area is 78.9 Å². The molecule has 4 nitrogen and oxygen atoms in total. The predicted octanol–water partition coefficient (Wildman–Crippen LogP) is 1.48. The lowest BCUT2D eigenvalue weighted by atomic mass is 10.5. The van der Waals surface area contributed by atoms with Crippen LogP contribution in [0.1, 0.15) is 0 Å². The molecule has 0 amide bonds. The molecule has 5 heteroatoms. The second kappa shape index (κ2) is 4.51. The Morgan fingerprint density at radius 1 is 1.62 bits per heavy atom. The summed E-state index contributed by atoms with van der Waals surface area (Å²) in [4.78, 5) is 13.9. The van der Waals surface area contributed by atoms with Gasteiger partial charge in [-0.05, 0) is 17.5 Å². The van der Waals surface area contributed by atoms with E-state index in [0.717, 1.165) is 17.8 Å². The molecule has 0 saturated carbocycles. The lowest BCUT2D eigenvalue weighted by Crippen LogP contribution is -1.84. The standard InChI is InChI=1S/C8H7NO3S/c10-6-2-1-4-9-8(6)13-5-3-7(11)12/h1-5,10H,(H,11,12)/b5-3+. The molecule has 1 aromatic rings. The number of carbonyl (C=O) groups is 1. The number of aromatic nitrogens is 1. The zero-order valence-corrected chi connectivity index (χ0v) is 7.36. The highest BCUT2D eigenvalue weighted by atomic mass is 32.2. The molecule has 0 bridgehead atoms. The van der Waals surface area contributed by atoms with E-state index in [0.29, 0.717) is 5.03 Å². The van der Waals surface area contributed by atoms with Crippen LogP contribution < -0.4 is 0 Å². The summed E-state index contributed by atoms with van der Waals surface area (Å²) in [5.74, 6) is -0.981. The fourth-order valence-corrected chi connectivity index (χ4v) is 1.25. The fraction of sp³-hybridized carbons (Fsp3) is 0. The Hall–Kier alpha value is -1.49. The number of nitrogens with zero attached hydrogens (tertiary/aromatic N) is 1. The van der Waals surface area contributed by atoms with Gasteiger partial charge in [0.1, 0.15) is 10.8 Å². The van der Waals surface area contributed by atoms with E-state index in [1.54, 1.807) is 6.07 Å². The monoisotopic (exact) mass is 197 g/mol. The van der Waals surface area contributed by atoms with Gasteiger partial charge in [-0.15, -0.1) is 0 Å². The van der Waals surface area contributed by atoms with Crippen molar-refractivity contribution < 1.29 is 15.0 Å². The Morgan fingerprint density at radius 3 is 3.00 bits per heavy atom. The molecule has 1 rings (SSSR count). The van der Waals surface area contributed by atoms with Crippen LogP contribution in [0.5, 0.6) is 5.75 Å². The average molecular weight is 197 g/mol. The van der Waals surface area contributed by atoms with E-state index in [1.165, 1.54) is 17.7 Å². The highest BCUT2D eigenvalue weighted by Crippen LogP contribution is 2.25. The molecule has 2 N–H and O–H groups in total. The van der Waals surface area contributed by atoms with Crippen molar-refractivity contribution in [1.82, 2.24) is 4.98 Å². The third-order valence-corrected chi connectivity index (χ3v) is 1.95. The van der Waals surface area contributed by atoms with Crippen molar-refractivity contribution in [3.63, 3.8) is 0 Å². The summed E-state index contributed by atoms with van der Waals surface area (Å²) in [6, 6.07) is 3.09.